The molecule has 1 atom stereocenters. The van der Waals surface area contributed by atoms with Gasteiger partial charge in [0.25, 0.3) is 0 Å². The van der Waals surface area contributed by atoms with E-state index in [1.165, 1.54) is 12.1 Å². The van der Waals surface area contributed by atoms with E-state index in [-0.39, 0.29) is 6.04 Å². The number of hydrogen-bond donors (Lipinski definition) is 1. The number of rotatable bonds is 9. The SMILES string of the molecule is COCCOCCCNC(C)c1cc(F)cc(F)c1. The number of halogens is 2. The Morgan fingerprint density at radius 2 is 1.79 bits per heavy atom. The van der Waals surface area contributed by atoms with Crippen molar-refractivity contribution >= 4 is 0 Å². The van der Waals surface area contributed by atoms with Crippen LogP contribution < -0.4 is 5.32 Å². The predicted molar refractivity (Wildman–Crippen MR) is 70.1 cm³/mol. The molecule has 1 aromatic rings. The zero-order valence-electron chi connectivity index (χ0n) is 11.4. The smallest absolute Gasteiger partial charge is 0.126 e. The van der Waals surface area contributed by atoms with Gasteiger partial charge in [-0.25, -0.2) is 8.78 Å². The molecular formula is C14H21F2NO2. The van der Waals surface area contributed by atoms with Crippen LogP contribution in [0.2, 0.25) is 0 Å². The van der Waals surface area contributed by atoms with Crippen LogP contribution >= 0.6 is 0 Å². The fourth-order valence-electron chi connectivity index (χ4n) is 1.68. The van der Waals surface area contributed by atoms with E-state index in [0.29, 0.717) is 25.4 Å². The molecule has 0 spiro atoms. The summed E-state index contributed by atoms with van der Waals surface area (Å²) in [6.07, 6.45) is 0.839. The van der Waals surface area contributed by atoms with Crippen molar-refractivity contribution < 1.29 is 18.3 Å². The van der Waals surface area contributed by atoms with Gasteiger partial charge in [0.15, 0.2) is 0 Å². The number of methoxy groups -OCH3 is 1. The molecular weight excluding hydrogens is 252 g/mol. The molecule has 0 fully saturated rings. The highest BCUT2D eigenvalue weighted by Gasteiger charge is 2.07. The summed E-state index contributed by atoms with van der Waals surface area (Å²) in [6, 6.07) is 3.47. The molecule has 0 radical (unpaired) electrons. The van der Waals surface area contributed by atoms with Crippen LogP contribution in [0.25, 0.3) is 0 Å². The average molecular weight is 273 g/mol. The van der Waals surface area contributed by atoms with Crippen molar-refractivity contribution in [2.45, 2.75) is 19.4 Å². The van der Waals surface area contributed by atoms with Crippen molar-refractivity contribution in [1.29, 1.82) is 0 Å². The molecule has 1 N–H and O–H groups in total. The molecule has 19 heavy (non-hydrogen) atoms. The van der Waals surface area contributed by atoms with Crippen LogP contribution in [0.3, 0.4) is 0 Å². The highest BCUT2D eigenvalue weighted by Crippen LogP contribution is 2.15. The molecule has 1 aromatic carbocycles. The second-order valence-electron chi connectivity index (χ2n) is 4.34. The molecule has 0 aromatic heterocycles. The lowest BCUT2D eigenvalue weighted by atomic mass is 10.1. The third-order valence-electron chi connectivity index (χ3n) is 2.73. The maximum Gasteiger partial charge on any atom is 0.126 e. The summed E-state index contributed by atoms with van der Waals surface area (Å²) in [7, 11) is 1.63. The molecule has 0 aliphatic heterocycles. The third kappa shape index (κ3) is 6.61. The van der Waals surface area contributed by atoms with E-state index in [1.807, 2.05) is 6.92 Å². The van der Waals surface area contributed by atoms with Crippen LogP contribution in [0.1, 0.15) is 24.9 Å². The fourth-order valence-corrected chi connectivity index (χ4v) is 1.68. The van der Waals surface area contributed by atoms with Crippen LogP contribution in [-0.4, -0.2) is 33.5 Å². The first kappa shape index (κ1) is 16.0. The molecule has 0 aliphatic rings. The number of nitrogens with one attached hydrogen (secondary N) is 1. The number of ether oxygens (including phenoxy) is 2. The molecule has 3 nitrogen and oxygen atoms in total. The number of benzene rings is 1. The summed E-state index contributed by atoms with van der Waals surface area (Å²) in [5.74, 6) is -1.10. The van der Waals surface area contributed by atoms with E-state index >= 15 is 0 Å². The predicted octanol–water partition coefficient (Wildman–Crippen LogP) is 2.67. The van der Waals surface area contributed by atoms with Gasteiger partial charge in [-0.15, -0.1) is 0 Å². The van der Waals surface area contributed by atoms with Gasteiger partial charge in [-0.2, -0.15) is 0 Å². The molecule has 0 amide bonds. The second-order valence-corrected chi connectivity index (χ2v) is 4.34. The Hall–Kier alpha value is -1.04. The minimum absolute atomic E-state index is 0.0934. The van der Waals surface area contributed by atoms with Crippen molar-refractivity contribution in [3.05, 3.63) is 35.4 Å². The van der Waals surface area contributed by atoms with Crippen LogP contribution in [0, 0.1) is 11.6 Å². The highest BCUT2D eigenvalue weighted by molar-refractivity contribution is 5.20. The Morgan fingerprint density at radius 1 is 1.11 bits per heavy atom. The topological polar surface area (TPSA) is 30.5 Å². The molecule has 108 valence electrons. The summed E-state index contributed by atoms with van der Waals surface area (Å²) in [6.45, 7) is 4.42. The monoisotopic (exact) mass is 273 g/mol. The van der Waals surface area contributed by atoms with E-state index in [0.717, 1.165) is 19.0 Å². The Kier molecular flexibility index (Phi) is 7.55. The third-order valence-corrected chi connectivity index (χ3v) is 2.73. The van der Waals surface area contributed by atoms with Gasteiger partial charge in [-0.1, -0.05) is 0 Å². The highest BCUT2D eigenvalue weighted by atomic mass is 19.1. The first-order valence-corrected chi connectivity index (χ1v) is 6.39. The van der Waals surface area contributed by atoms with Crippen molar-refractivity contribution in [2.24, 2.45) is 0 Å². The van der Waals surface area contributed by atoms with E-state index in [4.69, 9.17) is 9.47 Å². The summed E-state index contributed by atoms with van der Waals surface area (Å²) in [4.78, 5) is 0. The lowest BCUT2D eigenvalue weighted by Gasteiger charge is -2.14. The number of hydrogen-bond acceptors (Lipinski definition) is 3. The zero-order chi connectivity index (χ0) is 14.1. The Bertz CT molecular complexity index is 354. The van der Waals surface area contributed by atoms with Gasteiger partial charge in [-0.05, 0) is 37.6 Å². The summed E-state index contributed by atoms with van der Waals surface area (Å²) >= 11 is 0. The lowest BCUT2D eigenvalue weighted by molar-refractivity contribution is 0.0693. The Balaban J connectivity index is 2.22. The lowest BCUT2D eigenvalue weighted by Crippen LogP contribution is -2.21. The van der Waals surface area contributed by atoms with E-state index < -0.39 is 11.6 Å². The second kappa shape index (κ2) is 8.96. The van der Waals surface area contributed by atoms with Gasteiger partial charge < -0.3 is 14.8 Å². The fraction of sp³-hybridized carbons (Fsp3) is 0.571. The van der Waals surface area contributed by atoms with E-state index in [9.17, 15) is 8.78 Å². The molecule has 0 heterocycles. The van der Waals surface area contributed by atoms with Crippen molar-refractivity contribution in [3.8, 4) is 0 Å². The van der Waals surface area contributed by atoms with Gasteiger partial charge in [0.2, 0.25) is 0 Å². The maximum atomic E-state index is 13.1. The summed E-state index contributed by atoms with van der Waals surface area (Å²) in [5, 5.41) is 3.20. The molecule has 0 aliphatic carbocycles. The van der Waals surface area contributed by atoms with Crippen molar-refractivity contribution in [2.75, 3.05) is 33.5 Å². The standard InChI is InChI=1S/C14H21F2NO2/c1-11(12-8-13(15)10-14(16)9-12)17-4-3-5-19-7-6-18-2/h8-11,17H,3-7H2,1-2H3. The molecule has 1 unspecified atom stereocenters. The van der Waals surface area contributed by atoms with Crippen LogP contribution in [0.5, 0.6) is 0 Å². The van der Waals surface area contributed by atoms with Gasteiger partial charge in [0.1, 0.15) is 11.6 Å². The quantitative estimate of drug-likeness (QED) is 0.702. The van der Waals surface area contributed by atoms with E-state index in [1.54, 1.807) is 7.11 Å². The minimum Gasteiger partial charge on any atom is -0.382 e. The largest absolute Gasteiger partial charge is 0.382 e. The minimum atomic E-state index is -0.549. The maximum absolute atomic E-state index is 13.1. The zero-order valence-corrected chi connectivity index (χ0v) is 11.4. The van der Waals surface area contributed by atoms with Crippen LogP contribution in [0.4, 0.5) is 8.78 Å². The van der Waals surface area contributed by atoms with Gasteiger partial charge >= 0.3 is 0 Å². The van der Waals surface area contributed by atoms with Crippen LogP contribution in [0.15, 0.2) is 18.2 Å². The molecule has 5 heteroatoms. The van der Waals surface area contributed by atoms with E-state index in [2.05, 4.69) is 5.32 Å². The summed E-state index contributed by atoms with van der Waals surface area (Å²) in [5.41, 5.74) is 0.609. The van der Waals surface area contributed by atoms with Gasteiger partial charge in [0, 0.05) is 25.8 Å². The van der Waals surface area contributed by atoms with Crippen molar-refractivity contribution in [3.63, 3.8) is 0 Å². The Labute approximate surface area is 112 Å². The van der Waals surface area contributed by atoms with Crippen molar-refractivity contribution in [1.82, 2.24) is 5.32 Å². The normalized spacial score (nSPS) is 12.6. The molecule has 1 rings (SSSR count). The first-order chi connectivity index (χ1) is 9.13. The first-order valence-electron chi connectivity index (χ1n) is 6.39. The average Bonchev–Trinajstić information content (AvgIpc) is 2.36. The Morgan fingerprint density at radius 3 is 2.42 bits per heavy atom. The molecule has 0 saturated heterocycles. The molecule has 0 bridgehead atoms. The molecule has 0 saturated carbocycles. The van der Waals surface area contributed by atoms with Crippen LogP contribution in [-0.2, 0) is 9.47 Å². The van der Waals surface area contributed by atoms with Gasteiger partial charge in [-0.3, -0.25) is 0 Å². The summed E-state index contributed by atoms with van der Waals surface area (Å²) < 4.78 is 36.3. The van der Waals surface area contributed by atoms with Gasteiger partial charge in [0.05, 0.1) is 13.2 Å².